The first-order valence-corrected chi connectivity index (χ1v) is 6.44. The molecule has 1 aromatic heterocycles. The predicted molar refractivity (Wildman–Crippen MR) is 66.8 cm³/mol. The van der Waals surface area contributed by atoms with E-state index in [0.717, 1.165) is 17.5 Å². The number of hydrogen-bond donors (Lipinski definition) is 1. The Morgan fingerprint density at radius 1 is 1.47 bits per heavy atom. The molecule has 0 bridgehead atoms. The minimum absolute atomic E-state index is 0.303. The van der Waals surface area contributed by atoms with Crippen molar-refractivity contribution < 1.29 is 4.74 Å². The lowest BCUT2D eigenvalue weighted by Crippen LogP contribution is -2.24. The lowest BCUT2D eigenvalue weighted by Gasteiger charge is -2.13. The van der Waals surface area contributed by atoms with Gasteiger partial charge in [-0.05, 0) is 37.8 Å². The lowest BCUT2D eigenvalue weighted by atomic mass is 10.2. The fourth-order valence-corrected chi connectivity index (χ4v) is 2.22. The SMILES string of the molecule is CC(C)OCCNC(C)c1csc(Cl)c1. The summed E-state index contributed by atoms with van der Waals surface area (Å²) in [6.45, 7) is 7.84. The van der Waals surface area contributed by atoms with E-state index >= 15 is 0 Å². The van der Waals surface area contributed by atoms with Crippen molar-refractivity contribution in [3.05, 3.63) is 21.3 Å². The number of halogens is 1. The highest BCUT2D eigenvalue weighted by Crippen LogP contribution is 2.24. The smallest absolute Gasteiger partial charge is 0.0931 e. The zero-order valence-corrected chi connectivity index (χ0v) is 11.0. The molecule has 0 amide bonds. The summed E-state index contributed by atoms with van der Waals surface area (Å²) in [5.41, 5.74) is 1.24. The largest absolute Gasteiger partial charge is 0.377 e. The second-order valence-electron chi connectivity index (χ2n) is 3.78. The third-order valence-corrected chi connectivity index (χ3v) is 3.20. The van der Waals surface area contributed by atoms with Gasteiger partial charge in [0.2, 0.25) is 0 Å². The normalized spacial score (nSPS) is 13.4. The topological polar surface area (TPSA) is 21.3 Å². The number of thiophene rings is 1. The van der Waals surface area contributed by atoms with Crippen LogP contribution in [0, 0.1) is 0 Å². The fourth-order valence-electron chi connectivity index (χ4n) is 1.24. The molecule has 0 saturated carbocycles. The van der Waals surface area contributed by atoms with E-state index in [-0.39, 0.29) is 0 Å². The predicted octanol–water partition coefficient (Wildman–Crippen LogP) is 3.48. The molecule has 1 unspecified atom stereocenters. The molecule has 0 saturated heterocycles. The van der Waals surface area contributed by atoms with Gasteiger partial charge in [-0.2, -0.15) is 0 Å². The van der Waals surface area contributed by atoms with Crippen molar-refractivity contribution in [3.63, 3.8) is 0 Å². The Morgan fingerprint density at radius 2 is 2.20 bits per heavy atom. The summed E-state index contributed by atoms with van der Waals surface area (Å²) in [6, 6.07) is 2.34. The standard InChI is InChI=1S/C11H18ClNOS/c1-8(2)14-5-4-13-9(3)10-6-11(12)15-7-10/h6-9,13H,4-5H2,1-3H3. The van der Waals surface area contributed by atoms with Crippen LogP contribution in [0.15, 0.2) is 11.4 Å². The molecule has 1 N–H and O–H groups in total. The summed E-state index contributed by atoms with van der Waals surface area (Å²) in [6.07, 6.45) is 0.303. The number of hydrogen-bond acceptors (Lipinski definition) is 3. The van der Waals surface area contributed by atoms with Crippen LogP contribution in [0.4, 0.5) is 0 Å². The molecule has 15 heavy (non-hydrogen) atoms. The van der Waals surface area contributed by atoms with Gasteiger partial charge >= 0.3 is 0 Å². The van der Waals surface area contributed by atoms with Crippen LogP contribution in [0.3, 0.4) is 0 Å². The first-order valence-electron chi connectivity index (χ1n) is 5.18. The van der Waals surface area contributed by atoms with Gasteiger partial charge in [0.25, 0.3) is 0 Å². The third kappa shape index (κ3) is 4.98. The molecule has 1 atom stereocenters. The Kier molecular flexibility index (Phi) is 5.61. The number of nitrogens with one attached hydrogen (secondary N) is 1. The van der Waals surface area contributed by atoms with Gasteiger partial charge in [-0.15, -0.1) is 11.3 Å². The molecule has 0 fully saturated rings. The molecule has 0 aliphatic carbocycles. The quantitative estimate of drug-likeness (QED) is 0.778. The molecule has 0 radical (unpaired) electrons. The van der Waals surface area contributed by atoms with Crippen molar-refractivity contribution >= 4 is 22.9 Å². The van der Waals surface area contributed by atoms with Gasteiger partial charge in [-0.1, -0.05) is 11.6 Å². The van der Waals surface area contributed by atoms with Crippen LogP contribution in [0.5, 0.6) is 0 Å². The van der Waals surface area contributed by atoms with E-state index in [1.165, 1.54) is 5.56 Å². The van der Waals surface area contributed by atoms with Crippen LogP contribution in [0.2, 0.25) is 4.34 Å². The van der Waals surface area contributed by atoms with Crippen LogP contribution < -0.4 is 5.32 Å². The molecule has 0 aliphatic rings. The molecule has 0 aliphatic heterocycles. The second-order valence-corrected chi connectivity index (χ2v) is 5.32. The van der Waals surface area contributed by atoms with E-state index in [0.29, 0.717) is 12.1 Å². The summed E-state index contributed by atoms with van der Waals surface area (Å²) < 4.78 is 6.29. The average molecular weight is 248 g/mol. The van der Waals surface area contributed by atoms with Gasteiger partial charge in [-0.3, -0.25) is 0 Å². The monoisotopic (exact) mass is 247 g/mol. The van der Waals surface area contributed by atoms with E-state index < -0.39 is 0 Å². The molecule has 86 valence electrons. The Morgan fingerprint density at radius 3 is 2.73 bits per heavy atom. The van der Waals surface area contributed by atoms with E-state index in [4.69, 9.17) is 16.3 Å². The highest BCUT2D eigenvalue weighted by molar-refractivity contribution is 7.14. The van der Waals surface area contributed by atoms with Gasteiger partial charge in [0.05, 0.1) is 17.0 Å². The summed E-state index contributed by atoms with van der Waals surface area (Å²) >= 11 is 7.44. The molecule has 1 rings (SSSR count). The lowest BCUT2D eigenvalue weighted by molar-refractivity contribution is 0.0796. The van der Waals surface area contributed by atoms with Crippen LogP contribution in [-0.4, -0.2) is 19.3 Å². The zero-order valence-electron chi connectivity index (χ0n) is 9.42. The highest BCUT2D eigenvalue weighted by atomic mass is 35.5. The summed E-state index contributed by atoms with van der Waals surface area (Å²) in [5, 5.41) is 5.48. The highest BCUT2D eigenvalue weighted by Gasteiger charge is 2.06. The molecular weight excluding hydrogens is 230 g/mol. The van der Waals surface area contributed by atoms with Crippen LogP contribution in [0.1, 0.15) is 32.4 Å². The van der Waals surface area contributed by atoms with Crippen molar-refractivity contribution in [2.45, 2.75) is 32.9 Å². The average Bonchev–Trinajstić information content (AvgIpc) is 2.59. The fraction of sp³-hybridized carbons (Fsp3) is 0.636. The molecule has 2 nitrogen and oxygen atoms in total. The van der Waals surface area contributed by atoms with Crippen LogP contribution >= 0.6 is 22.9 Å². The van der Waals surface area contributed by atoms with E-state index in [2.05, 4.69) is 17.6 Å². The van der Waals surface area contributed by atoms with Crippen molar-refractivity contribution in [2.24, 2.45) is 0 Å². The Labute approximate surface area is 101 Å². The minimum Gasteiger partial charge on any atom is -0.377 e. The summed E-state index contributed by atoms with van der Waals surface area (Å²) in [4.78, 5) is 0. The van der Waals surface area contributed by atoms with Gasteiger partial charge in [0.1, 0.15) is 0 Å². The summed E-state index contributed by atoms with van der Waals surface area (Å²) in [7, 11) is 0. The maximum absolute atomic E-state index is 5.87. The van der Waals surface area contributed by atoms with Crippen molar-refractivity contribution in [1.82, 2.24) is 5.32 Å². The first-order chi connectivity index (χ1) is 7.09. The van der Waals surface area contributed by atoms with Gasteiger partial charge in [-0.25, -0.2) is 0 Å². The van der Waals surface area contributed by atoms with Gasteiger partial charge in [0, 0.05) is 12.6 Å². The molecule has 4 heteroatoms. The first kappa shape index (κ1) is 13.0. The van der Waals surface area contributed by atoms with E-state index in [1.807, 2.05) is 19.9 Å². The maximum Gasteiger partial charge on any atom is 0.0931 e. The molecule has 1 heterocycles. The van der Waals surface area contributed by atoms with E-state index in [9.17, 15) is 0 Å². The van der Waals surface area contributed by atoms with Crippen molar-refractivity contribution in [2.75, 3.05) is 13.2 Å². The van der Waals surface area contributed by atoms with Gasteiger partial charge in [0.15, 0.2) is 0 Å². The summed E-state index contributed by atoms with van der Waals surface area (Å²) in [5.74, 6) is 0. The van der Waals surface area contributed by atoms with Crippen LogP contribution in [-0.2, 0) is 4.74 Å². The van der Waals surface area contributed by atoms with E-state index in [1.54, 1.807) is 11.3 Å². The minimum atomic E-state index is 0.303. The molecule has 0 spiro atoms. The number of rotatable bonds is 6. The van der Waals surface area contributed by atoms with Crippen molar-refractivity contribution in [1.29, 1.82) is 0 Å². The van der Waals surface area contributed by atoms with Crippen LogP contribution in [0.25, 0.3) is 0 Å². The Balaban J connectivity index is 2.21. The number of ether oxygens (including phenoxy) is 1. The third-order valence-electron chi connectivity index (χ3n) is 2.09. The molecule has 1 aromatic rings. The molecule has 0 aromatic carbocycles. The zero-order chi connectivity index (χ0) is 11.3. The Hall–Kier alpha value is -0.0900. The Bertz CT molecular complexity index is 288. The van der Waals surface area contributed by atoms with Gasteiger partial charge < -0.3 is 10.1 Å². The molecular formula is C11H18ClNOS. The van der Waals surface area contributed by atoms with Crippen molar-refractivity contribution in [3.8, 4) is 0 Å². The maximum atomic E-state index is 5.87. The second kappa shape index (κ2) is 6.48.